The van der Waals surface area contributed by atoms with Crippen molar-refractivity contribution < 1.29 is 14.2 Å². The van der Waals surface area contributed by atoms with Crippen LogP contribution in [0, 0.1) is 6.92 Å². The average Bonchev–Trinajstić information content (AvgIpc) is 2.30. The van der Waals surface area contributed by atoms with Crippen molar-refractivity contribution in [3.05, 3.63) is 17.2 Å². The molecular weight excluding hydrogens is 228 g/mol. The van der Waals surface area contributed by atoms with Crippen molar-refractivity contribution in [2.75, 3.05) is 27.2 Å². The summed E-state index contributed by atoms with van der Waals surface area (Å²) < 4.78 is 16.0. The lowest BCUT2D eigenvalue weighted by Crippen LogP contribution is -2.02. The van der Waals surface area contributed by atoms with Gasteiger partial charge in [-0.25, -0.2) is 0 Å². The molecule has 0 unspecified atom stereocenters. The summed E-state index contributed by atoms with van der Waals surface area (Å²) in [7, 11) is 4.89. The smallest absolute Gasteiger partial charge is 0.132 e. The van der Waals surface area contributed by atoms with Gasteiger partial charge in [0.05, 0.1) is 21.3 Å². The van der Waals surface area contributed by atoms with Gasteiger partial charge in [-0.3, -0.25) is 0 Å². The molecule has 0 saturated heterocycles. The first kappa shape index (κ1) is 13.0. The van der Waals surface area contributed by atoms with Gasteiger partial charge < -0.3 is 14.2 Å². The Labute approximate surface area is 101 Å². The van der Waals surface area contributed by atoms with Crippen LogP contribution in [0.4, 0.5) is 0 Å². The van der Waals surface area contributed by atoms with Gasteiger partial charge in [-0.05, 0) is 13.3 Å². The highest BCUT2D eigenvalue weighted by atomic mass is 35.5. The second kappa shape index (κ2) is 5.85. The molecule has 16 heavy (non-hydrogen) atoms. The molecule has 0 N–H and O–H groups in total. The van der Waals surface area contributed by atoms with Crippen molar-refractivity contribution >= 4 is 11.6 Å². The van der Waals surface area contributed by atoms with Crippen LogP contribution in [0.5, 0.6) is 17.2 Å². The number of hydrogen-bond acceptors (Lipinski definition) is 3. The van der Waals surface area contributed by atoms with Gasteiger partial charge in [-0.2, -0.15) is 0 Å². The fourth-order valence-corrected chi connectivity index (χ4v) is 1.96. The third kappa shape index (κ3) is 2.35. The van der Waals surface area contributed by atoms with Crippen LogP contribution < -0.4 is 14.2 Å². The van der Waals surface area contributed by atoms with Crippen molar-refractivity contribution in [3.8, 4) is 17.2 Å². The molecule has 0 atom stereocenters. The number of hydrogen-bond donors (Lipinski definition) is 0. The van der Waals surface area contributed by atoms with Crippen LogP contribution in [0.2, 0.25) is 0 Å². The minimum atomic E-state index is 0.526. The highest BCUT2D eigenvalue weighted by Gasteiger charge is 2.16. The topological polar surface area (TPSA) is 27.7 Å². The van der Waals surface area contributed by atoms with E-state index < -0.39 is 0 Å². The molecule has 0 radical (unpaired) electrons. The van der Waals surface area contributed by atoms with Gasteiger partial charge in [-0.15, -0.1) is 11.6 Å². The van der Waals surface area contributed by atoms with Crippen LogP contribution >= 0.6 is 11.6 Å². The minimum absolute atomic E-state index is 0.526. The molecule has 0 spiro atoms. The molecule has 0 aliphatic rings. The third-order valence-corrected chi connectivity index (χ3v) is 2.72. The Kier molecular flexibility index (Phi) is 4.74. The largest absolute Gasteiger partial charge is 0.496 e. The van der Waals surface area contributed by atoms with Crippen molar-refractivity contribution in [2.45, 2.75) is 13.3 Å². The highest BCUT2D eigenvalue weighted by Crippen LogP contribution is 2.38. The van der Waals surface area contributed by atoms with E-state index in [9.17, 15) is 0 Å². The Hall–Kier alpha value is -1.09. The highest BCUT2D eigenvalue weighted by molar-refractivity contribution is 6.18. The number of ether oxygens (including phenoxy) is 3. The molecule has 1 aromatic carbocycles. The van der Waals surface area contributed by atoms with Crippen LogP contribution in [0.3, 0.4) is 0 Å². The Morgan fingerprint density at radius 3 is 2.12 bits per heavy atom. The zero-order valence-corrected chi connectivity index (χ0v) is 10.9. The van der Waals surface area contributed by atoms with E-state index in [0.717, 1.165) is 28.4 Å². The maximum absolute atomic E-state index is 5.78. The van der Waals surface area contributed by atoms with E-state index in [4.69, 9.17) is 25.8 Å². The number of methoxy groups -OCH3 is 3. The fourth-order valence-electron chi connectivity index (χ4n) is 1.77. The summed E-state index contributed by atoms with van der Waals surface area (Å²) >= 11 is 5.78. The van der Waals surface area contributed by atoms with Gasteiger partial charge in [-0.1, -0.05) is 0 Å². The average molecular weight is 245 g/mol. The van der Waals surface area contributed by atoms with Crippen LogP contribution in [-0.2, 0) is 6.42 Å². The SMILES string of the molecule is COc1cc(OC)c(CCCl)c(OC)c1C. The minimum Gasteiger partial charge on any atom is -0.496 e. The first-order chi connectivity index (χ1) is 7.69. The Morgan fingerprint density at radius 1 is 1.06 bits per heavy atom. The Bertz CT molecular complexity index is 364. The van der Waals surface area contributed by atoms with Gasteiger partial charge >= 0.3 is 0 Å². The third-order valence-electron chi connectivity index (χ3n) is 2.53. The quantitative estimate of drug-likeness (QED) is 0.746. The first-order valence-corrected chi connectivity index (χ1v) is 5.57. The zero-order chi connectivity index (χ0) is 12.1. The van der Waals surface area contributed by atoms with E-state index in [0.29, 0.717) is 12.3 Å². The Balaban J connectivity index is 3.37. The van der Waals surface area contributed by atoms with Crippen LogP contribution in [0.15, 0.2) is 6.07 Å². The molecule has 0 amide bonds. The summed E-state index contributed by atoms with van der Waals surface area (Å²) in [6.45, 7) is 1.95. The summed E-state index contributed by atoms with van der Waals surface area (Å²) in [5.41, 5.74) is 1.95. The predicted molar refractivity (Wildman–Crippen MR) is 65.3 cm³/mol. The normalized spacial score (nSPS) is 10.1. The summed E-state index contributed by atoms with van der Waals surface area (Å²) in [4.78, 5) is 0. The van der Waals surface area contributed by atoms with E-state index in [-0.39, 0.29) is 0 Å². The van der Waals surface area contributed by atoms with Crippen LogP contribution in [-0.4, -0.2) is 27.2 Å². The lowest BCUT2D eigenvalue weighted by molar-refractivity contribution is 0.365. The molecule has 3 nitrogen and oxygen atoms in total. The van der Waals surface area contributed by atoms with Crippen LogP contribution in [0.1, 0.15) is 11.1 Å². The molecule has 4 heteroatoms. The molecule has 1 rings (SSSR count). The second-order valence-electron chi connectivity index (χ2n) is 3.36. The standard InChI is InChI=1S/C12H17ClO3/c1-8-10(14-2)7-11(15-3)9(5-6-13)12(8)16-4/h7H,5-6H2,1-4H3. The maximum atomic E-state index is 5.78. The molecule has 0 saturated carbocycles. The van der Waals surface area contributed by atoms with Gasteiger partial charge in [0.2, 0.25) is 0 Å². The molecular formula is C12H17ClO3. The molecule has 0 aliphatic carbocycles. The lowest BCUT2D eigenvalue weighted by Gasteiger charge is -2.17. The fraction of sp³-hybridized carbons (Fsp3) is 0.500. The molecule has 0 fully saturated rings. The van der Waals surface area contributed by atoms with E-state index >= 15 is 0 Å². The monoisotopic (exact) mass is 244 g/mol. The van der Waals surface area contributed by atoms with E-state index in [1.54, 1.807) is 21.3 Å². The summed E-state index contributed by atoms with van der Waals surface area (Å²) in [6, 6.07) is 1.86. The summed E-state index contributed by atoms with van der Waals surface area (Å²) in [5.74, 6) is 2.82. The van der Waals surface area contributed by atoms with Crippen molar-refractivity contribution in [3.63, 3.8) is 0 Å². The molecule has 0 heterocycles. The summed E-state index contributed by atoms with van der Waals surface area (Å²) in [6.07, 6.45) is 0.707. The predicted octanol–water partition coefficient (Wildman–Crippen LogP) is 2.80. The first-order valence-electron chi connectivity index (χ1n) is 5.04. The van der Waals surface area contributed by atoms with Crippen molar-refractivity contribution in [2.24, 2.45) is 0 Å². The van der Waals surface area contributed by atoms with Gasteiger partial charge in [0.15, 0.2) is 0 Å². The maximum Gasteiger partial charge on any atom is 0.132 e. The molecule has 0 aliphatic heterocycles. The number of alkyl halides is 1. The summed E-state index contributed by atoms with van der Waals surface area (Å²) in [5, 5.41) is 0. The number of rotatable bonds is 5. The second-order valence-corrected chi connectivity index (χ2v) is 3.73. The molecule has 1 aromatic rings. The van der Waals surface area contributed by atoms with E-state index in [1.165, 1.54) is 0 Å². The molecule has 0 aromatic heterocycles. The molecule has 0 bridgehead atoms. The van der Waals surface area contributed by atoms with E-state index in [2.05, 4.69) is 0 Å². The van der Waals surface area contributed by atoms with E-state index in [1.807, 2.05) is 13.0 Å². The molecule has 90 valence electrons. The lowest BCUT2D eigenvalue weighted by atomic mass is 10.0. The Morgan fingerprint density at radius 2 is 1.69 bits per heavy atom. The number of benzene rings is 1. The van der Waals surface area contributed by atoms with Gasteiger partial charge in [0, 0.05) is 23.1 Å². The number of halogens is 1. The van der Waals surface area contributed by atoms with Crippen molar-refractivity contribution in [1.29, 1.82) is 0 Å². The zero-order valence-electron chi connectivity index (χ0n) is 10.1. The van der Waals surface area contributed by atoms with Gasteiger partial charge in [0.25, 0.3) is 0 Å². The van der Waals surface area contributed by atoms with Crippen LogP contribution in [0.25, 0.3) is 0 Å². The van der Waals surface area contributed by atoms with Crippen molar-refractivity contribution in [1.82, 2.24) is 0 Å². The van der Waals surface area contributed by atoms with Gasteiger partial charge in [0.1, 0.15) is 17.2 Å².